The summed E-state index contributed by atoms with van der Waals surface area (Å²) in [7, 11) is -3.30. The Balaban J connectivity index is 1.69. The predicted octanol–water partition coefficient (Wildman–Crippen LogP) is -0.981. The van der Waals surface area contributed by atoms with Gasteiger partial charge in [-0.25, -0.2) is 17.4 Å². The Bertz CT molecular complexity index is 777. The van der Waals surface area contributed by atoms with Crippen LogP contribution in [-0.2, 0) is 21.4 Å². The molecule has 0 aliphatic carbocycles. The molecule has 0 radical (unpaired) electrons. The van der Waals surface area contributed by atoms with E-state index in [2.05, 4.69) is 5.10 Å². The molecular weight excluding hydrogens is 346 g/mol. The van der Waals surface area contributed by atoms with E-state index in [0.717, 1.165) is 5.69 Å². The van der Waals surface area contributed by atoms with E-state index < -0.39 is 15.6 Å². The molecule has 2 aliphatic rings. The first-order valence-corrected chi connectivity index (χ1v) is 10.2. The third-order valence-corrected chi connectivity index (χ3v) is 6.54. The van der Waals surface area contributed by atoms with E-state index in [0.29, 0.717) is 38.3 Å². The molecule has 2 aliphatic heterocycles. The molecule has 2 saturated heterocycles. The van der Waals surface area contributed by atoms with E-state index >= 15 is 0 Å². The summed E-state index contributed by atoms with van der Waals surface area (Å²) in [5.74, 6) is 0.0130. The van der Waals surface area contributed by atoms with Gasteiger partial charge in [0.05, 0.1) is 17.6 Å². The number of rotatable bonds is 3. The van der Waals surface area contributed by atoms with Gasteiger partial charge in [0.25, 0.3) is 0 Å². The van der Waals surface area contributed by atoms with Crippen molar-refractivity contribution in [2.75, 3.05) is 38.2 Å². The highest BCUT2D eigenvalue weighted by Crippen LogP contribution is 2.36. The Morgan fingerprint density at radius 3 is 2.68 bits per heavy atom. The van der Waals surface area contributed by atoms with Gasteiger partial charge in [0, 0.05) is 38.2 Å². The van der Waals surface area contributed by atoms with Gasteiger partial charge in [-0.1, -0.05) is 0 Å². The lowest BCUT2D eigenvalue weighted by Gasteiger charge is -2.49. The predicted molar refractivity (Wildman–Crippen MR) is 92.0 cm³/mol. The summed E-state index contributed by atoms with van der Waals surface area (Å²) < 4.78 is 26.4. The number of nitrogens with two attached hydrogens (primary N) is 1. The van der Waals surface area contributed by atoms with Gasteiger partial charge >= 0.3 is 0 Å². The molecule has 9 nitrogen and oxygen atoms in total. The van der Waals surface area contributed by atoms with Gasteiger partial charge in [0.1, 0.15) is 12.4 Å². The lowest BCUT2D eigenvalue weighted by Crippen LogP contribution is -2.61. The normalized spacial score (nSPS) is 28.0. The highest BCUT2D eigenvalue weighted by molar-refractivity contribution is 7.88. The fourth-order valence-corrected chi connectivity index (χ4v) is 4.59. The van der Waals surface area contributed by atoms with Crippen LogP contribution in [0.5, 0.6) is 0 Å². The van der Waals surface area contributed by atoms with Gasteiger partial charge in [-0.3, -0.25) is 4.79 Å². The molecule has 3 heterocycles. The van der Waals surface area contributed by atoms with Crippen LogP contribution in [0.15, 0.2) is 6.07 Å². The van der Waals surface area contributed by atoms with Gasteiger partial charge in [-0.15, -0.1) is 0 Å². The standard InChI is InChI=1S/C15H25N5O4S/c1-11-7-13(16)20(17-11)10-14(21)18-5-3-15(22)4-6-19(25(2,23)24)9-12(15)8-18/h7,12,22H,3-6,8-10,16H2,1-2H3/t12-,15-/m1/s1. The number of hydrogen-bond acceptors (Lipinski definition) is 6. The third kappa shape index (κ3) is 3.65. The second-order valence-electron chi connectivity index (χ2n) is 7.13. The number of likely N-dealkylation sites (tertiary alicyclic amines) is 1. The fourth-order valence-electron chi connectivity index (χ4n) is 3.72. The first-order chi connectivity index (χ1) is 11.6. The minimum absolute atomic E-state index is 0.0423. The number of aryl methyl sites for hydroxylation is 1. The molecule has 0 saturated carbocycles. The van der Waals surface area contributed by atoms with Crippen LogP contribution in [0, 0.1) is 12.8 Å². The van der Waals surface area contributed by atoms with E-state index in [1.165, 1.54) is 15.2 Å². The van der Waals surface area contributed by atoms with Crippen molar-refractivity contribution in [3.05, 3.63) is 11.8 Å². The zero-order chi connectivity index (χ0) is 18.4. The van der Waals surface area contributed by atoms with E-state index in [1.807, 2.05) is 0 Å². The molecule has 2 fully saturated rings. The van der Waals surface area contributed by atoms with E-state index in [9.17, 15) is 18.3 Å². The molecule has 25 heavy (non-hydrogen) atoms. The van der Waals surface area contributed by atoms with Gasteiger partial charge in [0.2, 0.25) is 15.9 Å². The molecule has 0 bridgehead atoms. The minimum atomic E-state index is -3.30. The maximum Gasteiger partial charge on any atom is 0.244 e. The van der Waals surface area contributed by atoms with Crippen molar-refractivity contribution in [2.45, 2.75) is 31.9 Å². The van der Waals surface area contributed by atoms with E-state index in [4.69, 9.17) is 5.73 Å². The number of piperidine rings is 2. The minimum Gasteiger partial charge on any atom is -0.389 e. The number of nitrogen functional groups attached to an aromatic ring is 1. The molecule has 140 valence electrons. The third-order valence-electron chi connectivity index (χ3n) is 5.27. The number of carbonyl (C=O) groups excluding carboxylic acids is 1. The molecule has 3 rings (SSSR count). The largest absolute Gasteiger partial charge is 0.389 e. The van der Waals surface area contributed by atoms with Crippen molar-refractivity contribution in [1.29, 1.82) is 0 Å². The molecular formula is C15H25N5O4S. The summed E-state index contributed by atoms with van der Waals surface area (Å²) in [6, 6.07) is 1.70. The maximum absolute atomic E-state index is 12.6. The second-order valence-corrected chi connectivity index (χ2v) is 9.11. The van der Waals surface area contributed by atoms with Crippen molar-refractivity contribution in [3.8, 4) is 0 Å². The number of fused-ring (bicyclic) bond motifs is 1. The Morgan fingerprint density at radius 1 is 1.40 bits per heavy atom. The Labute approximate surface area is 147 Å². The molecule has 0 unspecified atom stereocenters. The molecule has 3 N–H and O–H groups in total. The van der Waals surface area contributed by atoms with Crippen molar-refractivity contribution >= 4 is 21.7 Å². The lowest BCUT2D eigenvalue weighted by molar-refractivity contribution is -0.144. The molecule has 10 heteroatoms. The quantitative estimate of drug-likeness (QED) is 0.704. The maximum atomic E-state index is 12.6. The molecule has 0 spiro atoms. The fraction of sp³-hybridized carbons (Fsp3) is 0.733. The van der Waals surface area contributed by atoms with Crippen molar-refractivity contribution < 1.29 is 18.3 Å². The van der Waals surface area contributed by atoms with E-state index in [-0.39, 0.29) is 24.9 Å². The van der Waals surface area contributed by atoms with Gasteiger partial charge in [-0.05, 0) is 19.8 Å². The molecule has 0 aromatic carbocycles. The van der Waals surface area contributed by atoms with Gasteiger partial charge < -0.3 is 15.7 Å². The number of aromatic nitrogens is 2. The molecule has 1 aromatic heterocycles. The zero-order valence-electron chi connectivity index (χ0n) is 14.6. The second kappa shape index (κ2) is 6.26. The van der Waals surface area contributed by atoms with Crippen LogP contribution in [0.4, 0.5) is 5.82 Å². The number of nitrogens with zero attached hydrogens (tertiary/aromatic N) is 4. The number of hydrogen-bond donors (Lipinski definition) is 2. The summed E-state index contributed by atoms with van der Waals surface area (Å²) >= 11 is 0. The van der Waals surface area contributed by atoms with E-state index in [1.54, 1.807) is 17.9 Å². The van der Waals surface area contributed by atoms with Crippen LogP contribution in [0.1, 0.15) is 18.5 Å². The average Bonchev–Trinajstić information content (AvgIpc) is 2.82. The topological polar surface area (TPSA) is 122 Å². The number of sulfonamides is 1. The molecule has 1 amide bonds. The number of amides is 1. The first-order valence-electron chi connectivity index (χ1n) is 8.34. The number of anilines is 1. The number of carbonyl (C=O) groups is 1. The summed E-state index contributed by atoms with van der Waals surface area (Å²) in [4.78, 5) is 14.3. The summed E-state index contributed by atoms with van der Waals surface area (Å²) in [6.07, 6.45) is 2.03. The summed E-state index contributed by atoms with van der Waals surface area (Å²) in [6.45, 7) is 3.19. The lowest BCUT2D eigenvalue weighted by atomic mass is 9.76. The monoisotopic (exact) mass is 371 g/mol. The van der Waals surface area contributed by atoms with Gasteiger partial charge in [0.15, 0.2) is 0 Å². The van der Waals surface area contributed by atoms with Crippen LogP contribution < -0.4 is 5.73 Å². The molecule has 1 aromatic rings. The van der Waals surface area contributed by atoms with Crippen LogP contribution in [0.25, 0.3) is 0 Å². The van der Waals surface area contributed by atoms with Crippen molar-refractivity contribution in [2.24, 2.45) is 5.92 Å². The Hall–Kier alpha value is -1.65. The summed E-state index contributed by atoms with van der Waals surface area (Å²) in [5.41, 5.74) is 5.67. The Morgan fingerprint density at radius 2 is 2.08 bits per heavy atom. The van der Waals surface area contributed by atoms with Crippen LogP contribution >= 0.6 is 0 Å². The summed E-state index contributed by atoms with van der Waals surface area (Å²) in [5, 5.41) is 15.0. The first kappa shape index (κ1) is 18.2. The van der Waals surface area contributed by atoms with Crippen molar-refractivity contribution in [1.82, 2.24) is 19.0 Å². The number of aliphatic hydroxyl groups is 1. The van der Waals surface area contributed by atoms with Crippen LogP contribution in [0.2, 0.25) is 0 Å². The van der Waals surface area contributed by atoms with Gasteiger partial charge in [-0.2, -0.15) is 5.10 Å². The Kier molecular flexibility index (Phi) is 4.54. The smallest absolute Gasteiger partial charge is 0.244 e. The SMILES string of the molecule is Cc1cc(N)n(CC(=O)N2CC[C@@]3(O)CCN(S(C)(=O)=O)C[C@H]3C2)n1. The zero-order valence-corrected chi connectivity index (χ0v) is 15.4. The highest BCUT2D eigenvalue weighted by Gasteiger charge is 2.47. The highest BCUT2D eigenvalue weighted by atomic mass is 32.2. The van der Waals surface area contributed by atoms with Crippen LogP contribution in [-0.4, -0.2) is 76.5 Å². The average molecular weight is 371 g/mol. The van der Waals surface area contributed by atoms with Crippen LogP contribution in [0.3, 0.4) is 0 Å². The van der Waals surface area contributed by atoms with Crippen molar-refractivity contribution in [3.63, 3.8) is 0 Å². The molecule has 2 atom stereocenters.